The number of ether oxygens (including phenoxy) is 1. The van der Waals surface area contributed by atoms with E-state index in [2.05, 4.69) is 10.6 Å². The van der Waals surface area contributed by atoms with Gasteiger partial charge in [0.2, 0.25) is 11.8 Å². The highest BCUT2D eigenvalue weighted by molar-refractivity contribution is 5.88. The van der Waals surface area contributed by atoms with E-state index >= 15 is 0 Å². The van der Waals surface area contributed by atoms with Gasteiger partial charge in [0.15, 0.2) is 0 Å². The fourth-order valence-electron chi connectivity index (χ4n) is 4.97. The molecule has 1 aliphatic rings. The minimum absolute atomic E-state index is 0.0255. The summed E-state index contributed by atoms with van der Waals surface area (Å²) in [6.45, 7) is 6.28. The molecule has 2 amide bonds. The summed E-state index contributed by atoms with van der Waals surface area (Å²) >= 11 is 0. The van der Waals surface area contributed by atoms with Crippen LogP contribution in [-0.2, 0) is 38.4 Å². The molecule has 3 atom stereocenters. The lowest BCUT2D eigenvalue weighted by molar-refractivity contribution is -0.143. The number of methoxy groups -OCH3 is 1. The van der Waals surface area contributed by atoms with Gasteiger partial charge >= 0.3 is 11.9 Å². The molecule has 1 aliphatic heterocycles. The van der Waals surface area contributed by atoms with E-state index in [-0.39, 0.29) is 30.6 Å². The first-order chi connectivity index (χ1) is 18.8. The van der Waals surface area contributed by atoms with Crippen LogP contribution in [0, 0.1) is 5.41 Å². The number of carboxylic acid groups (broad SMARTS) is 2. The number of carbonyl (C=O) groups is 4. The average Bonchev–Trinajstić information content (AvgIpc) is 2.87. The van der Waals surface area contributed by atoms with Gasteiger partial charge in [-0.25, -0.2) is 9.59 Å². The Balaban J connectivity index is 1.79. The Kier molecular flexibility index (Phi) is 9.92. The highest BCUT2D eigenvalue weighted by Crippen LogP contribution is 2.31. The monoisotopic (exact) mass is 553 g/mol. The summed E-state index contributed by atoms with van der Waals surface area (Å²) in [7, 11) is 3.40. The van der Waals surface area contributed by atoms with Crippen molar-refractivity contribution in [2.45, 2.75) is 64.6 Å². The molecule has 10 heteroatoms. The van der Waals surface area contributed by atoms with Gasteiger partial charge in [-0.05, 0) is 53.3 Å². The third kappa shape index (κ3) is 8.05. The minimum Gasteiger partial charge on any atom is -0.497 e. The highest BCUT2D eigenvalue weighted by atomic mass is 16.5. The van der Waals surface area contributed by atoms with E-state index in [1.807, 2.05) is 44.9 Å². The summed E-state index contributed by atoms with van der Waals surface area (Å²) in [5.74, 6) is -2.50. The van der Waals surface area contributed by atoms with Crippen molar-refractivity contribution in [2.24, 2.45) is 5.41 Å². The van der Waals surface area contributed by atoms with Gasteiger partial charge in [0, 0.05) is 25.8 Å². The maximum atomic E-state index is 13.4. The molecule has 3 unspecified atom stereocenters. The van der Waals surface area contributed by atoms with Crippen molar-refractivity contribution in [1.29, 1.82) is 0 Å². The third-order valence-electron chi connectivity index (χ3n) is 6.97. The Bertz CT molecular complexity index is 1250. The summed E-state index contributed by atoms with van der Waals surface area (Å²) in [6, 6.07) is 9.29. The maximum Gasteiger partial charge on any atom is 0.326 e. The minimum atomic E-state index is -1.25. The number of carboxylic acids is 2. The van der Waals surface area contributed by atoms with E-state index in [9.17, 15) is 29.4 Å². The van der Waals surface area contributed by atoms with E-state index in [1.54, 1.807) is 37.4 Å². The zero-order chi connectivity index (χ0) is 29.6. The van der Waals surface area contributed by atoms with Crippen LogP contribution in [0.1, 0.15) is 55.5 Å². The lowest BCUT2D eigenvalue weighted by atomic mass is 9.91. The fourth-order valence-corrected chi connectivity index (χ4v) is 4.97. The van der Waals surface area contributed by atoms with Gasteiger partial charge in [0.1, 0.15) is 23.9 Å². The zero-order valence-corrected chi connectivity index (χ0v) is 23.7. The predicted molar refractivity (Wildman–Crippen MR) is 149 cm³/mol. The van der Waals surface area contributed by atoms with E-state index < -0.39 is 36.0 Å². The number of hydrogen-bond donors (Lipinski definition) is 4. The van der Waals surface area contributed by atoms with Crippen LogP contribution in [-0.4, -0.2) is 71.7 Å². The van der Waals surface area contributed by atoms with Gasteiger partial charge in [-0.2, -0.15) is 0 Å². The SMILES string of the molecule is COc1ccc2c(c1)CCN(C)C2C(=O)NC(Cc1ccccc1CC(NC(=O)CC(C)(C)C)C(=O)O)C(=O)O. The Morgan fingerprint density at radius 3 is 2.08 bits per heavy atom. The number of likely N-dealkylation sites (N-methyl/N-ethyl adjacent to an activating group) is 1. The Labute approximate surface area is 234 Å². The molecule has 0 bridgehead atoms. The summed E-state index contributed by atoms with van der Waals surface area (Å²) in [5.41, 5.74) is 2.62. The number of carbonyl (C=O) groups excluding carboxylic acids is 2. The number of benzene rings is 2. The van der Waals surface area contributed by atoms with E-state index in [0.29, 0.717) is 23.4 Å². The van der Waals surface area contributed by atoms with Crippen molar-refractivity contribution < 1.29 is 34.1 Å². The van der Waals surface area contributed by atoms with Gasteiger partial charge in [-0.1, -0.05) is 51.1 Å². The molecule has 0 fully saturated rings. The zero-order valence-electron chi connectivity index (χ0n) is 23.7. The van der Waals surface area contributed by atoms with Crippen LogP contribution in [0.5, 0.6) is 5.75 Å². The van der Waals surface area contributed by atoms with Crippen molar-refractivity contribution in [3.8, 4) is 5.75 Å². The second kappa shape index (κ2) is 13.0. The first kappa shape index (κ1) is 30.6. The normalized spacial score (nSPS) is 16.8. The molecule has 0 saturated carbocycles. The van der Waals surface area contributed by atoms with Crippen molar-refractivity contribution in [1.82, 2.24) is 15.5 Å². The highest BCUT2D eigenvalue weighted by Gasteiger charge is 2.34. The quantitative estimate of drug-likeness (QED) is 0.332. The van der Waals surface area contributed by atoms with Gasteiger partial charge in [-0.15, -0.1) is 0 Å². The molecular weight excluding hydrogens is 514 g/mol. The molecule has 4 N–H and O–H groups in total. The van der Waals surface area contributed by atoms with Crippen molar-refractivity contribution in [3.05, 3.63) is 64.7 Å². The molecule has 0 aromatic heterocycles. The fraction of sp³-hybridized carbons (Fsp3) is 0.467. The first-order valence-corrected chi connectivity index (χ1v) is 13.3. The van der Waals surface area contributed by atoms with Crippen LogP contribution >= 0.6 is 0 Å². The van der Waals surface area contributed by atoms with Gasteiger partial charge in [-0.3, -0.25) is 14.5 Å². The largest absolute Gasteiger partial charge is 0.497 e. The molecule has 0 aliphatic carbocycles. The molecule has 3 rings (SSSR count). The average molecular weight is 554 g/mol. The number of rotatable bonds is 11. The van der Waals surface area contributed by atoms with Crippen LogP contribution in [0.25, 0.3) is 0 Å². The number of nitrogens with zero attached hydrogens (tertiary/aromatic N) is 1. The number of nitrogens with one attached hydrogen (secondary N) is 2. The Morgan fingerprint density at radius 1 is 0.975 bits per heavy atom. The smallest absolute Gasteiger partial charge is 0.326 e. The lowest BCUT2D eigenvalue weighted by Crippen LogP contribution is -2.49. The summed E-state index contributed by atoms with van der Waals surface area (Å²) in [4.78, 5) is 52.0. The van der Waals surface area contributed by atoms with Crippen molar-refractivity contribution >= 4 is 23.8 Å². The molecular formula is C30H39N3O7. The van der Waals surface area contributed by atoms with Crippen LogP contribution in [0.15, 0.2) is 42.5 Å². The van der Waals surface area contributed by atoms with Crippen molar-refractivity contribution in [3.63, 3.8) is 0 Å². The summed E-state index contributed by atoms with van der Waals surface area (Å²) in [6.07, 6.45) is 0.824. The number of fused-ring (bicyclic) bond motifs is 1. The summed E-state index contributed by atoms with van der Waals surface area (Å²) < 4.78 is 5.31. The molecule has 40 heavy (non-hydrogen) atoms. The molecule has 1 heterocycles. The topological polar surface area (TPSA) is 145 Å². The second-order valence-corrected chi connectivity index (χ2v) is 11.5. The maximum absolute atomic E-state index is 13.4. The van der Waals surface area contributed by atoms with E-state index in [0.717, 1.165) is 17.5 Å². The third-order valence-corrected chi connectivity index (χ3v) is 6.97. The Morgan fingerprint density at radius 2 is 1.55 bits per heavy atom. The van der Waals surface area contributed by atoms with Crippen molar-refractivity contribution in [2.75, 3.05) is 20.7 Å². The standard InChI is InChI=1S/C30H39N3O7/c1-30(2,3)17-25(34)31-23(28(36)37)15-18-8-6-7-9-19(18)16-24(29(38)39)32-27(35)26-22-11-10-21(40-5)14-20(22)12-13-33(26)4/h6-11,14,23-24,26H,12-13,15-17H2,1-5H3,(H,31,34)(H,32,35)(H,36,37)(H,38,39). The molecule has 0 radical (unpaired) electrons. The number of hydrogen-bond acceptors (Lipinski definition) is 6. The van der Waals surface area contributed by atoms with Crippen LogP contribution in [0.3, 0.4) is 0 Å². The van der Waals surface area contributed by atoms with Gasteiger partial charge < -0.3 is 25.6 Å². The van der Waals surface area contributed by atoms with Crippen LogP contribution < -0.4 is 15.4 Å². The summed E-state index contributed by atoms with van der Waals surface area (Å²) in [5, 5.41) is 25.1. The van der Waals surface area contributed by atoms with Crippen LogP contribution in [0.2, 0.25) is 0 Å². The lowest BCUT2D eigenvalue weighted by Gasteiger charge is -2.34. The van der Waals surface area contributed by atoms with Gasteiger partial charge in [0.25, 0.3) is 0 Å². The molecule has 216 valence electrons. The van der Waals surface area contributed by atoms with E-state index in [1.165, 1.54) is 0 Å². The second-order valence-electron chi connectivity index (χ2n) is 11.5. The first-order valence-electron chi connectivity index (χ1n) is 13.3. The van der Waals surface area contributed by atoms with Gasteiger partial charge in [0.05, 0.1) is 7.11 Å². The number of aliphatic carboxylic acids is 2. The molecule has 0 saturated heterocycles. The molecule has 0 spiro atoms. The molecule has 10 nitrogen and oxygen atoms in total. The van der Waals surface area contributed by atoms with E-state index in [4.69, 9.17) is 4.74 Å². The Hall–Kier alpha value is -3.92. The number of amides is 2. The predicted octanol–water partition coefficient (Wildman–Crippen LogP) is 2.58. The van der Waals surface area contributed by atoms with Crippen LogP contribution in [0.4, 0.5) is 0 Å². The molecule has 2 aromatic carbocycles. The molecule has 2 aromatic rings.